The highest BCUT2D eigenvalue weighted by Crippen LogP contribution is 2.34. The zero-order valence-electron chi connectivity index (χ0n) is 18.4. The average Bonchev–Trinajstić information content (AvgIpc) is 3.35. The molecule has 0 unspecified atom stereocenters. The van der Waals surface area contributed by atoms with Crippen LogP contribution in [0.3, 0.4) is 0 Å². The summed E-state index contributed by atoms with van der Waals surface area (Å²) < 4.78 is 11.0. The average molecular weight is 425 g/mol. The first-order valence-electron chi connectivity index (χ1n) is 10.5. The van der Waals surface area contributed by atoms with Gasteiger partial charge in [0.25, 0.3) is 0 Å². The molecule has 1 amide bonds. The molecular weight excluding hydrogens is 396 g/mol. The monoisotopic (exact) mass is 424 g/mol. The molecule has 0 saturated carbocycles. The highest BCUT2D eigenvalue weighted by Gasteiger charge is 2.24. The fourth-order valence-electron chi connectivity index (χ4n) is 3.71. The van der Waals surface area contributed by atoms with Gasteiger partial charge in [-0.2, -0.15) is 0 Å². The minimum atomic E-state index is 0.0594. The SMILES string of the molecule is Cc1cc(-c2cnc(N3CCN(CC(=O)NC(C)C)CC3)nc2-c2ccoc2C)on1. The molecule has 164 valence electrons. The smallest absolute Gasteiger partial charge is 0.234 e. The topological polar surface area (TPSA) is 101 Å². The first-order valence-corrected chi connectivity index (χ1v) is 10.5. The molecule has 1 saturated heterocycles. The van der Waals surface area contributed by atoms with Crippen LogP contribution in [0.2, 0.25) is 0 Å². The number of hydrogen-bond acceptors (Lipinski definition) is 8. The standard InChI is InChI=1S/C22H28N6O3/c1-14(2)24-20(29)13-27-6-8-28(9-7-27)22-23-12-18(19-11-15(3)26-31-19)21(25-22)17-5-10-30-16(17)4/h5,10-12,14H,6-9,13H2,1-4H3,(H,24,29). The predicted octanol–water partition coefficient (Wildman–Crippen LogP) is 2.66. The molecule has 0 bridgehead atoms. The lowest BCUT2D eigenvalue weighted by Gasteiger charge is -2.34. The van der Waals surface area contributed by atoms with Gasteiger partial charge >= 0.3 is 0 Å². The van der Waals surface area contributed by atoms with E-state index in [1.807, 2.05) is 39.8 Å². The summed E-state index contributed by atoms with van der Waals surface area (Å²) in [5.41, 5.74) is 3.23. The molecule has 3 aromatic heterocycles. The van der Waals surface area contributed by atoms with Gasteiger partial charge in [0.1, 0.15) is 5.76 Å². The number of piperazine rings is 1. The van der Waals surface area contributed by atoms with Crippen molar-refractivity contribution in [2.75, 3.05) is 37.6 Å². The Balaban J connectivity index is 1.54. The van der Waals surface area contributed by atoms with Crippen LogP contribution in [0.25, 0.3) is 22.6 Å². The lowest BCUT2D eigenvalue weighted by molar-refractivity contribution is -0.122. The maximum Gasteiger partial charge on any atom is 0.234 e. The largest absolute Gasteiger partial charge is 0.469 e. The van der Waals surface area contributed by atoms with Crippen molar-refractivity contribution in [3.8, 4) is 22.6 Å². The number of rotatable bonds is 6. The van der Waals surface area contributed by atoms with Gasteiger partial charge in [-0.05, 0) is 33.8 Å². The lowest BCUT2D eigenvalue weighted by atomic mass is 10.1. The second-order valence-corrected chi connectivity index (χ2v) is 8.14. The molecular formula is C22H28N6O3. The summed E-state index contributed by atoms with van der Waals surface area (Å²) in [7, 11) is 0. The summed E-state index contributed by atoms with van der Waals surface area (Å²) in [6.07, 6.45) is 3.44. The summed E-state index contributed by atoms with van der Waals surface area (Å²) in [6, 6.07) is 3.93. The van der Waals surface area contributed by atoms with Crippen LogP contribution >= 0.6 is 0 Å². The molecule has 9 nitrogen and oxygen atoms in total. The fraction of sp³-hybridized carbons (Fsp3) is 0.455. The Morgan fingerprint density at radius 1 is 1.19 bits per heavy atom. The van der Waals surface area contributed by atoms with E-state index in [2.05, 4.69) is 25.3 Å². The molecule has 1 fully saturated rings. The van der Waals surface area contributed by atoms with Gasteiger partial charge < -0.3 is 19.2 Å². The number of nitrogens with one attached hydrogen (secondary N) is 1. The van der Waals surface area contributed by atoms with Gasteiger partial charge in [0.05, 0.1) is 29.8 Å². The lowest BCUT2D eigenvalue weighted by Crippen LogP contribution is -2.50. The van der Waals surface area contributed by atoms with Crippen LogP contribution in [0.15, 0.2) is 33.5 Å². The second-order valence-electron chi connectivity index (χ2n) is 8.14. The van der Waals surface area contributed by atoms with Crippen molar-refractivity contribution in [2.45, 2.75) is 33.7 Å². The number of carbonyl (C=O) groups is 1. The van der Waals surface area contributed by atoms with E-state index >= 15 is 0 Å². The van der Waals surface area contributed by atoms with Gasteiger partial charge in [0, 0.05) is 50.0 Å². The Morgan fingerprint density at radius 3 is 2.58 bits per heavy atom. The maximum atomic E-state index is 12.0. The molecule has 9 heteroatoms. The number of hydrogen-bond donors (Lipinski definition) is 1. The molecule has 1 aliphatic heterocycles. The third-order valence-electron chi connectivity index (χ3n) is 5.26. The maximum absolute atomic E-state index is 12.0. The van der Waals surface area contributed by atoms with E-state index in [1.165, 1.54) is 0 Å². The second kappa shape index (κ2) is 8.89. The number of nitrogens with zero attached hydrogens (tertiary/aromatic N) is 5. The van der Waals surface area contributed by atoms with Crippen molar-refractivity contribution in [1.82, 2.24) is 25.3 Å². The highest BCUT2D eigenvalue weighted by molar-refractivity contribution is 5.79. The van der Waals surface area contributed by atoms with E-state index in [0.717, 1.165) is 54.5 Å². The van der Waals surface area contributed by atoms with Crippen LogP contribution in [-0.4, -0.2) is 64.7 Å². The van der Waals surface area contributed by atoms with Crippen LogP contribution < -0.4 is 10.2 Å². The van der Waals surface area contributed by atoms with Crippen LogP contribution in [0.1, 0.15) is 25.3 Å². The first kappa shape index (κ1) is 21.0. The molecule has 3 aromatic rings. The molecule has 0 spiro atoms. The van der Waals surface area contributed by atoms with Crippen molar-refractivity contribution in [2.24, 2.45) is 0 Å². The van der Waals surface area contributed by atoms with Crippen molar-refractivity contribution in [3.63, 3.8) is 0 Å². The molecule has 4 heterocycles. The van der Waals surface area contributed by atoms with E-state index in [1.54, 1.807) is 12.5 Å². The molecule has 4 rings (SSSR count). The third-order valence-corrected chi connectivity index (χ3v) is 5.26. The number of aryl methyl sites for hydroxylation is 2. The number of aromatic nitrogens is 3. The zero-order chi connectivity index (χ0) is 22.0. The van der Waals surface area contributed by atoms with Crippen molar-refractivity contribution in [1.29, 1.82) is 0 Å². The Morgan fingerprint density at radius 2 is 1.97 bits per heavy atom. The summed E-state index contributed by atoms with van der Waals surface area (Å²) in [5, 5.41) is 6.94. The normalized spacial score (nSPS) is 14.9. The Bertz CT molecular complexity index is 1050. The van der Waals surface area contributed by atoms with Crippen LogP contribution in [0.5, 0.6) is 0 Å². The molecule has 0 radical (unpaired) electrons. The molecule has 31 heavy (non-hydrogen) atoms. The Kier molecular flexibility index (Phi) is 6.03. The van der Waals surface area contributed by atoms with E-state index in [9.17, 15) is 4.79 Å². The Labute approximate surface area is 181 Å². The number of carbonyl (C=O) groups excluding carboxylic acids is 1. The van der Waals surface area contributed by atoms with E-state index in [4.69, 9.17) is 13.9 Å². The van der Waals surface area contributed by atoms with Gasteiger partial charge in [-0.3, -0.25) is 9.69 Å². The highest BCUT2D eigenvalue weighted by atomic mass is 16.5. The minimum absolute atomic E-state index is 0.0594. The summed E-state index contributed by atoms with van der Waals surface area (Å²) in [4.78, 5) is 25.8. The third kappa shape index (κ3) is 4.77. The zero-order valence-corrected chi connectivity index (χ0v) is 18.4. The predicted molar refractivity (Wildman–Crippen MR) is 117 cm³/mol. The van der Waals surface area contributed by atoms with E-state index < -0.39 is 0 Å². The minimum Gasteiger partial charge on any atom is -0.469 e. The van der Waals surface area contributed by atoms with Gasteiger partial charge in [0.15, 0.2) is 5.76 Å². The van der Waals surface area contributed by atoms with Crippen LogP contribution in [-0.2, 0) is 4.79 Å². The first-order chi connectivity index (χ1) is 14.9. The van der Waals surface area contributed by atoms with Gasteiger partial charge in [-0.25, -0.2) is 9.97 Å². The number of amides is 1. The number of furan rings is 1. The van der Waals surface area contributed by atoms with Crippen LogP contribution in [0, 0.1) is 13.8 Å². The molecule has 0 atom stereocenters. The molecule has 0 aliphatic carbocycles. The van der Waals surface area contributed by atoms with E-state index in [0.29, 0.717) is 18.3 Å². The molecule has 0 aromatic carbocycles. The van der Waals surface area contributed by atoms with Crippen LogP contribution in [0.4, 0.5) is 5.95 Å². The van der Waals surface area contributed by atoms with Gasteiger partial charge in [-0.15, -0.1) is 0 Å². The van der Waals surface area contributed by atoms with Gasteiger partial charge in [0.2, 0.25) is 11.9 Å². The molecule has 1 aliphatic rings. The number of anilines is 1. The summed E-state index contributed by atoms with van der Waals surface area (Å²) >= 11 is 0. The van der Waals surface area contributed by atoms with Gasteiger partial charge in [-0.1, -0.05) is 5.16 Å². The quantitative estimate of drug-likeness (QED) is 0.645. The summed E-state index contributed by atoms with van der Waals surface area (Å²) in [5.74, 6) is 2.12. The van der Waals surface area contributed by atoms with E-state index in [-0.39, 0.29) is 11.9 Å². The fourth-order valence-corrected chi connectivity index (χ4v) is 3.71. The Hall–Kier alpha value is -3.20. The van der Waals surface area contributed by atoms with Crippen molar-refractivity contribution < 1.29 is 13.7 Å². The van der Waals surface area contributed by atoms with Crippen molar-refractivity contribution in [3.05, 3.63) is 36.0 Å². The molecule has 1 N–H and O–H groups in total. The summed E-state index contributed by atoms with van der Waals surface area (Å²) in [6.45, 7) is 11.2. The van der Waals surface area contributed by atoms with Crippen molar-refractivity contribution >= 4 is 11.9 Å².